The highest BCUT2D eigenvalue weighted by Gasteiger charge is 2.10. The Morgan fingerprint density at radius 2 is 2.05 bits per heavy atom. The van der Waals surface area contributed by atoms with Crippen LogP contribution in [0.5, 0.6) is 0 Å². The van der Waals surface area contributed by atoms with Crippen LogP contribution in [0.3, 0.4) is 0 Å². The Kier molecular flexibility index (Phi) is 7.75. The Labute approximate surface area is 144 Å². The summed E-state index contributed by atoms with van der Waals surface area (Å²) < 4.78 is 19.5. The van der Waals surface area contributed by atoms with E-state index in [0.29, 0.717) is 10.0 Å². The number of rotatable bonds is 6. The molecule has 22 heavy (non-hydrogen) atoms. The molecule has 0 saturated heterocycles. The van der Waals surface area contributed by atoms with Crippen molar-refractivity contribution in [3.05, 3.63) is 57.0 Å². The number of allylic oxidation sites excluding steroid dienone is 4. The first-order chi connectivity index (χ1) is 10.4. The summed E-state index contributed by atoms with van der Waals surface area (Å²) >= 11 is 17.5. The Hall–Kier alpha value is -1.21. The minimum absolute atomic E-state index is 0.00839. The highest BCUT2D eigenvalue weighted by Crippen LogP contribution is 2.24. The first-order valence-electron chi connectivity index (χ1n) is 6.52. The van der Waals surface area contributed by atoms with Crippen LogP contribution in [0.25, 0.3) is 0 Å². The minimum Gasteiger partial charge on any atom is -0.492 e. The molecule has 0 aromatic heterocycles. The number of nitrogens with zero attached hydrogens (tertiary/aromatic N) is 1. The quantitative estimate of drug-likeness (QED) is 0.268. The van der Waals surface area contributed by atoms with Crippen molar-refractivity contribution < 1.29 is 9.13 Å². The fourth-order valence-electron chi connectivity index (χ4n) is 1.60. The summed E-state index contributed by atoms with van der Waals surface area (Å²) in [5.41, 5.74) is 0.833. The van der Waals surface area contributed by atoms with Gasteiger partial charge in [0.2, 0.25) is 0 Å². The number of nitriles is 1. The molecule has 6 heteroatoms. The van der Waals surface area contributed by atoms with E-state index in [1.165, 1.54) is 0 Å². The molecule has 0 bridgehead atoms. The normalized spacial score (nSPS) is 12.9. The van der Waals surface area contributed by atoms with Crippen molar-refractivity contribution in [2.75, 3.05) is 5.88 Å². The molecule has 1 aromatic rings. The van der Waals surface area contributed by atoms with E-state index in [-0.39, 0.29) is 29.7 Å². The van der Waals surface area contributed by atoms with Crippen LogP contribution in [0, 0.1) is 17.2 Å². The molecule has 0 fully saturated rings. The van der Waals surface area contributed by atoms with Crippen molar-refractivity contribution in [3.63, 3.8) is 0 Å². The lowest BCUT2D eigenvalue weighted by molar-refractivity contribution is 0.201. The maximum absolute atomic E-state index is 14.0. The van der Waals surface area contributed by atoms with Crippen LogP contribution < -0.4 is 0 Å². The zero-order valence-corrected chi connectivity index (χ0v) is 14.4. The van der Waals surface area contributed by atoms with Crippen LogP contribution in [0.15, 0.2) is 41.4 Å². The number of halogens is 4. The SMILES string of the molecule is CC(C)/C(C#N)=C(F)\C=C(/CCl)OCc1ccc(Cl)c(Cl)c1. The highest BCUT2D eigenvalue weighted by molar-refractivity contribution is 6.42. The molecule has 0 aliphatic rings. The smallest absolute Gasteiger partial charge is 0.140 e. The third-order valence-corrected chi connectivity index (χ3v) is 3.79. The molecule has 0 spiro atoms. The lowest BCUT2D eigenvalue weighted by Crippen LogP contribution is -1.98. The Bertz CT molecular complexity index is 633. The fraction of sp³-hybridized carbons (Fsp3) is 0.312. The van der Waals surface area contributed by atoms with Gasteiger partial charge in [0.05, 0.1) is 27.6 Å². The largest absolute Gasteiger partial charge is 0.492 e. The maximum Gasteiger partial charge on any atom is 0.140 e. The van der Waals surface area contributed by atoms with Gasteiger partial charge in [-0.2, -0.15) is 5.26 Å². The van der Waals surface area contributed by atoms with Crippen molar-refractivity contribution in [1.29, 1.82) is 5.26 Å². The summed E-state index contributed by atoms with van der Waals surface area (Å²) in [7, 11) is 0. The van der Waals surface area contributed by atoms with Gasteiger partial charge in [0.1, 0.15) is 18.2 Å². The lowest BCUT2D eigenvalue weighted by atomic mass is 10.0. The number of alkyl halides is 1. The van der Waals surface area contributed by atoms with E-state index in [2.05, 4.69) is 0 Å². The molecule has 2 nitrogen and oxygen atoms in total. The van der Waals surface area contributed by atoms with E-state index in [1.54, 1.807) is 32.0 Å². The first kappa shape index (κ1) is 18.8. The molecule has 0 aliphatic carbocycles. The Morgan fingerprint density at radius 1 is 1.36 bits per heavy atom. The summed E-state index contributed by atoms with van der Waals surface area (Å²) in [6, 6.07) is 6.91. The van der Waals surface area contributed by atoms with Crippen molar-refractivity contribution in [3.8, 4) is 6.07 Å². The zero-order valence-electron chi connectivity index (χ0n) is 12.2. The van der Waals surface area contributed by atoms with Crippen LogP contribution >= 0.6 is 34.8 Å². The molecule has 0 N–H and O–H groups in total. The molecule has 0 saturated carbocycles. The third-order valence-electron chi connectivity index (χ3n) is 2.78. The van der Waals surface area contributed by atoms with Gasteiger partial charge in [-0.1, -0.05) is 43.1 Å². The fourth-order valence-corrected chi connectivity index (χ4v) is 2.08. The number of hydrogen-bond donors (Lipinski definition) is 0. The summed E-state index contributed by atoms with van der Waals surface area (Å²) in [6.07, 6.45) is 1.14. The molecule has 1 rings (SSSR count). The van der Waals surface area contributed by atoms with Crippen LogP contribution in [0.2, 0.25) is 10.0 Å². The second-order valence-corrected chi connectivity index (χ2v) is 5.89. The van der Waals surface area contributed by atoms with Gasteiger partial charge in [0.15, 0.2) is 0 Å². The average molecular weight is 363 g/mol. The number of ether oxygens (including phenoxy) is 1. The third kappa shape index (κ3) is 5.53. The molecule has 1 aromatic carbocycles. The second-order valence-electron chi connectivity index (χ2n) is 4.81. The number of benzene rings is 1. The zero-order chi connectivity index (χ0) is 16.7. The molecular weight excluding hydrogens is 348 g/mol. The maximum atomic E-state index is 14.0. The highest BCUT2D eigenvalue weighted by atomic mass is 35.5. The van der Waals surface area contributed by atoms with E-state index in [0.717, 1.165) is 11.6 Å². The second kappa shape index (κ2) is 9.05. The summed E-state index contributed by atoms with van der Waals surface area (Å²) in [5, 5.41) is 9.80. The van der Waals surface area contributed by atoms with Gasteiger partial charge in [-0.3, -0.25) is 0 Å². The molecule has 0 atom stereocenters. The van der Waals surface area contributed by atoms with Gasteiger partial charge in [-0.15, -0.1) is 11.6 Å². The minimum atomic E-state index is -0.637. The van der Waals surface area contributed by atoms with E-state index < -0.39 is 5.83 Å². The summed E-state index contributed by atoms with van der Waals surface area (Å²) in [5.74, 6) is -0.625. The van der Waals surface area contributed by atoms with Gasteiger partial charge in [0, 0.05) is 6.08 Å². The molecule has 0 aliphatic heterocycles. The molecule has 0 unspecified atom stereocenters. The van der Waals surface area contributed by atoms with Gasteiger partial charge in [-0.25, -0.2) is 4.39 Å². The molecular formula is C16H15Cl3FNO. The lowest BCUT2D eigenvalue weighted by Gasteiger charge is -2.09. The predicted molar refractivity (Wildman–Crippen MR) is 88.6 cm³/mol. The van der Waals surface area contributed by atoms with Crippen LogP contribution in [0.4, 0.5) is 4.39 Å². The van der Waals surface area contributed by atoms with E-state index >= 15 is 0 Å². The van der Waals surface area contributed by atoms with Gasteiger partial charge < -0.3 is 4.74 Å². The van der Waals surface area contributed by atoms with Crippen LogP contribution in [0.1, 0.15) is 19.4 Å². The Balaban J connectivity index is 2.87. The van der Waals surface area contributed by atoms with Crippen LogP contribution in [-0.4, -0.2) is 5.88 Å². The monoisotopic (exact) mass is 361 g/mol. The van der Waals surface area contributed by atoms with E-state index in [9.17, 15) is 4.39 Å². The van der Waals surface area contributed by atoms with E-state index in [1.807, 2.05) is 6.07 Å². The van der Waals surface area contributed by atoms with Crippen LogP contribution in [-0.2, 0) is 11.3 Å². The standard InChI is InChI=1S/C16H15Cl3FNO/c1-10(2)13(8-21)16(20)6-12(7-17)22-9-11-3-4-14(18)15(19)5-11/h3-6,10H,7,9H2,1-2H3/b12-6+,16-13+. The Morgan fingerprint density at radius 3 is 2.55 bits per heavy atom. The van der Waals surface area contributed by atoms with Gasteiger partial charge >= 0.3 is 0 Å². The van der Waals surface area contributed by atoms with Crippen molar-refractivity contribution >= 4 is 34.8 Å². The van der Waals surface area contributed by atoms with Crippen molar-refractivity contribution in [2.45, 2.75) is 20.5 Å². The molecule has 118 valence electrons. The predicted octanol–water partition coefficient (Wildman–Crippen LogP) is 6.04. The van der Waals surface area contributed by atoms with Crippen molar-refractivity contribution in [1.82, 2.24) is 0 Å². The van der Waals surface area contributed by atoms with Gasteiger partial charge in [0.25, 0.3) is 0 Å². The molecule has 0 amide bonds. The molecule has 0 heterocycles. The average Bonchev–Trinajstić information content (AvgIpc) is 2.47. The van der Waals surface area contributed by atoms with E-state index in [4.69, 9.17) is 44.8 Å². The first-order valence-corrected chi connectivity index (χ1v) is 7.81. The topological polar surface area (TPSA) is 33.0 Å². The summed E-state index contributed by atoms with van der Waals surface area (Å²) in [4.78, 5) is 0. The van der Waals surface area contributed by atoms with Gasteiger partial charge in [-0.05, 0) is 23.6 Å². The number of hydrogen-bond acceptors (Lipinski definition) is 2. The van der Waals surface area contributed by atoms with Crippen molar-refractivity contribution in [2.24, 2.45) is 5.92 Å². The molecule has 0 radical (unpaired) electrons. The summed E-state index contributed by atoms with van der Waals surface area (Å²) in [6.45, 7) is 3.65.